The molecule has 30 heavy (non-hydrogen) atoms. The van der Waals surface area contributed by atoms with Crippen molar-refractivity contribution in [3.8, 4) is 5.75 Å². The summed E-state index contributed by atoms with van der Waals surface area (Å²) in [6, 6.07) is 11.7. The van der Waals surface area contributed by atoms with Crippen LogP contribution in [-0.2, 0) is 19.6 Å². The van der Waals surface area contributed by atoms with Crippen LogP contribution in [0.15, 0.2) is 47.4 Å². The van der Waals surface area contributed by atoms with Crippen LogP contribution in [0.5, 0.6) is 5.75 Å². The molecule has 0 spiro atoms. The molecule has 0 saturated carbocycles. The molecule has 2 aliphatic rings. The van der Waals surface area contributed by atoms with E-state index in [0.29, 0.717) is 31.1 Å². The molecule has 160 valence electrons. The number of fused-ring (bicyclic) bond motifs is 1. The number of morpholine rings is 1. The first kappa shape index (κ1) is 20.9. The minimum Gasteiger partial charge on any atom is -0.482 e. The molecule has 10 heteroatoms. The Bertz CT molecular complexity index is 1030. The lowest BCUT2D eigenvalue weighted by Gasteiger charge is -2.31. The van der Waals surface area contributed by atoms with E-state index >= 15 is 0 Å². The fourth-order valence-corrected chi connectivity index (χ4v) is 5.41. The van der Waals surface area contributed by atoms with Gasteiger partial charge in [0.05, 0.1) is 29.6 Å². The monoisotopic (exact) mass is 451 g/mol. The average molecular weight is 452 g/mol. The molecule has 1 N–H and O–H groups in total. The third-order valence-electron chi connectivity index (χ3n) is 5.00. The van der Waals surface area contributed by atoms with E-state index in [1.165, 1.54) is 16.4 Å². The number of carbonyl (C=O) groups is 1. The Balaban J connectivity index is 1.67. The molecule has 0 unspecified atom stereocenters. The van der Waals surface area contributed by atoms with E-state index in [2.05, 4.69) is 10.2 Å². The first-order valence-corrected chi connectivity index (χ1v) is 11.4. The Labute approximate surface area is 180 Å². The lowest BCUT2D eigenvalue weighted by atomic mass is 10.2. The zero-order valence-corrected chi connectivity index (χ0v) is 17.8. The van der Waals surface area contributed by atoms with Crippen molar-refractivity contribution in [2.75, 3.05) is 55.6 Å². The van der Waals surface area contributed by atoms with E-state index in [0.717, 1.165) is 13.1 Å². The van der Waals surface area contributed by atoms with Crippen molar-refractivity contribution in [3.63, 3.8) is 0 Å². The molecule has 1 amide bonds. The SMILES string of the molecule is O=C1COc2cc(S(=O)(=O)N(CCN3CCOCC3)c3ccccc3)c(Cl)cc2N1. The van der Waals surface area contributed by atoms with Gasteiger partial charge in [0.1, 0.15) is 10.6 Å². The van der Waals surface area contributed by atoms with Crippen LogP contribution in [0, 0.1) is 0 Å². The smallest absolute Gasteiger partial charge is 0.265 e. The van der Waals surface area contributed by atoms with E-state index in [-0.39, 0.29) is 34.7 Å². The van der Waals surface area contributed by atoms with Gasteiger partial charge in [-0.3, -0.25) is 14.0 Å². The second kappa shape index (κ2) is 8.81. The van der Waals surface area contributed by atoms with Gasteiger partial charge < -0.3 is 14.8 Å². The van der Waals surface area contributed by atoms with Crippen LogP contribution < -0.4 is 14.4 Å². The summed E-state index contributed by atoms with van der Waals surface area (Å²) in [7, 11) is -3.98. The Morgan fingerprint density at radius 2 is 1.87 bits per heavy atom. The maximum atomic E-state index is 13.6. The van der Waals surface area contributed by atoms with Gasteiger partial charge in [0.2, 0.25) is 0 Å². The van der Waals surface area contributed by atoms with Crippen molar-refractivity contribution in [2.45, 2.75) is 4.90 Å². The number of ether oxygens (including phenoxy) is 2. The summed E-state index contributed by atoms with van der Waals surface area (Å²) in [6.45, 7) is 3.44. The number of anilines is 2. The van der Waals surface area contributed by atoms with Crippen LogP contribution in [0.3, 0.4) is 0 Å². The van der Waals surface area contributed by atoms with Crippen LogP contribution in [0.2, 0.25) is 5.02 Å². The molecule has 0 atom stereocenters. The zero-order chi connectivity index (χ0) is 21.1. The normalized spacial score (nSPS) is 17.0. The van der Waals surface area contributed by atoms with E-state index in [1.54, 1.807) is 24.3 Å². The molecule has 0 bridgehead atoms. The number of para-hydroxylation sites is 1. The standard InChI is InChI=1S/C20H22ClN3O5S/c21-16-12-17-18(29-14-20(25)22-17)13-19(16)30(26,27)24(15-4-2-1-3-5-15)7-6-23-8-10-28-11-9-23/h1-5,12-13H,6-11,14H2,(H,22,25). The molecule has 8 nitrogen and oxygen atoms in total. The van der Waals surface area contributed by atoms with Crippen LogP contribution >= 0.6 is 11.6 Å². The van der Waals surface area contributed by atoms with Crippen LogP contribution in [0.1, 0.15) is 0 Å². The number of halogens is 1. The number of rotatable bonds is 6. The molecule has 1 saturated heterocycles. The number of carbonyl (C=O) groups excluding carboxylic acids is 1. The van der Waals surface area contributed by atoms with E-state index < -0.39 is 10.0 Å². The minimum atomic E-state index is -3.98. The minimum absolute atomic E-state index is 0.0202. The van der Waals surface area contributed by atoms with Gasteiger partial charge in [-0.15, -0.1) is 0 Å². The van der Waals surface area contributed by atoms with Gasteiger partial charge in [0.15, 0.2) is 6.61 Å². The molecule has 0 radical (unpaired) electrons. The molecule has 1 fully saturated rings. The fourth-order valence-electron chi connectivity index (χ4n) is 3.44. The van der Waals surface area contributed by atoms with Crippen molar-refractivity contribution in [2.24, 2.45) is 0 Å². The molecular formula is C20H22ClN3O5S. The molecule has 2 heterocycles. The molecular weight excluding hydrogens is 430 g/mol. The third kappa shape index (κ3) is 4.39. The van der Waals surface area contributed by atoms with E-state index in [9.17, 15) is 13.2 Å². The van der Waals surface area contributed by atoms with E-state index in [1.807, 2.05) is 6.07 Å². The topological polar surface area (TPSA) is 88.2 Å². The molecule has 2 aromatic rings. The average Bonchev–Trinajstić information content (AvgIpc) is 2.74. The maximum Gasteiger partial charge on any atom is 0.265 e. The van der Waals surface area contributed by atoms with Crippen molar-refractivity contribution >= 4 is 38.9 Å². The highest BCUT2D eigenvalue weighted by Crippen LogP contribution is 2.37. The fraction of sp³-hybridized carbons (Fsp3) is 0.350. The summed E-state index contributed by atoms with van der Waals surface area (Å²) in [5.74, 6) is -0.0376. The number of nitrogens with one attached hydrogen (secondary N) is 1. The summed E-state index contributed by atoms with van der Waals surface area (Å²) >= 11 is 6.33. The molecule has 4 rings (SSSR count). The van der Waals surface area contributed by atoms with E-state index in [4.69, 9.17) is 21.1 Å². The highest BCUT2D eigenvalue weighted by atomic mass is 35.5. The summed E-state index contributed by atoms with van der Waals surface area (Å²) in [6.07, 6.45) is 0. The number of nitrogens with zero attached hydrogens (tertiary/aromatic N) is 2. The van der Waals surface area contributed by atoms with Gasteiger partial charge in [0.25, 0.3) is 15.9 Å². The van der Waals surface area contributed by atoms with Crippen LogP contribution in [-0.4, -0.2) is 65.2 Å². The third-order valence-corrected chi connectivity index (χ3v) is 7.29. The number of sulfonamides is 1. The summed E-state index contributed by atoms with van der Waals surface area (Å²) in [5, 5.41) is 2.65. The molecule has 2 aliphatic heterocycles. The maximum absolute atomic E-state index is 13.6. The van der Waals surface area contributed by atoms with Crippen LogP contribution in [0.25, 0.3) is 0 Å². The van der Waals surface area contributed by atoms with Crippen molar-refractivity contribution < 1.29 is 22.7 Å². The highest BCUT2D eigenvalue weighted by Gasteiger charge is 2.30. The summed E-state index contributed by atoms with van der Waals surface area (Å²) in [5.41, 5.74) is 0.906. The first-order chi connectivity index (χ1) is 14.4. The van der Waals surface area contributed by atoms with Gasteiger partial charge in [-0.25, -0.2) is 8.42 Å². The lowest BCUT2D eigenvalue weighted by molar-refractivity contribution is -0.118. The Kier molecular flexibility index (Phi) is 6.14. The summed E-state index contributed by atoms with van der Waals surface area (Å²) in [4.78, 5) is 13.6. The number of hydrogen-bond acceptors (Lipinski definition) is 6. The van der Waals surface area contributed by atoms with Crippen molar-refractivity contribution in [1.82, 2.24) is 4.90 Å². The van der Waals surface area contributed by atoms with Gasteiger partial charge in [-0.05, 0) is 18.2 Å². The van der Waals surface area contributed by atoms with Gasteiger partial charge in [0, 0.05) is 32.2 Å². The Morgan fingerprint density at radius 1 is 1.13 bits per heavy atom. The Morgan fingerprint density at radius 3 is 2.60 bits per heavy atom. The number of hydrogen-bond donors (Lipinski definition) is 1. The molecule has 2 aromatic carbocycles. The largest absolute Gasteiger partial charge is 0.482 e. The summed E-state index contributed by atoms with van der Waals surface area (Å²) < 4.78 is 39.4. The predicted octanol–water partition coefficient (Wildman–Crippen LogP) is 2.20. The predicted molar refractivity (Wildman–Crippen MR) is 114 cm³/mol. The van der Waals surface area contributed by atoms with Crippen LogP contribution in [0.4, 0.5) is 11.4 Å². The lowest BCUT2D eigenvalue weighted by Crippen LogP contribution is -2.43. The Hall–Kier alpha value is -2.33. The van der Waals surface area contributed by atoms with Gasteiger partial charge in [-0.1, -0.05) is 29.8 Å². The molecule has 0 aromatic heterocycles. The van der Waals surface area contributed by atoms with Crippen molar-refractivity contribution in [3.05, 3.63) is 47.5 Å². The first-order valence-electron chi connectivity index (χ1n) is 9.59. The van der Waals surface area contributed by atoms with Gasteiger partial charge in [-0.2, -0.15) is 0 Å². The second-order valence-corrected chi connectivity index (χ2v) is 9.22. The zero-order valence-electron chi connectivity index (χ0n) is 16.2. The van der Waals surface area contributed by atoms with Gasteiger partial charge >= 0.3 is 0 Å². The second-order valence-electron chi connectivity index (χ2n) is 6.98. The quantitative estimate of drug-likeness (QED) is 0.724. The van der Waals surface area contributed by atoms with Crippen molar-refractivity contribution in [1.29, 1.82) is 0 Å². The molecule has 0 aliphatic carbocycles. The highest BCUT2D eigenvalue weighted by molar-refractivity contribution is 7.93. The number of benzene rings is 2. The number of amides is 1.